The lowest BCUT2D eigenvalue weighted by atomic mass is 10.1. The lowest BCUT2D eigenvalue weighted by Crippen LogP contribution is -2.19. The monoisotopic (exact) mass is 206 g/mol. The van der Waals surface area contributed by atoms with Crippen LogP contribution in [0.3, 0.4) is 0 Å². The highest BCUT2D eigenvalue weighted by Gasteiger charge is 2.11. The number of halogens is 1. The number of nitrogens with one attached hydrogen (secondary N) is 1. The van der Waals surface area contributed by atoms with Crippen LogP contribution in [0.2, 0.25) is 5.02 Å². The normalized spacial score (nSPS) is 11.7. The second-order valence-electron chi connectivity index (χ2n) is 2.78. The van der Waals surface area contributed by atoms with Crippen molar-refractivity contribution in [2.75, 3.05) is 6.54 Å². The third kappa shape index (κ3) is 2.59. The van der Waals surface area contributed by atoms with E-state index in [4.69, 9.17) is 16.9 Å². The zero-order valence-electron chi connectivity index (χ0n) is 7.70. The Labute approximate surface area is 88.8 Å². The Hall–Kier alpha value is -1.30. The molecule has 0 aromatic heterocycles. The molecule has 0 aliphatic carbocycles. The molecule has 0 fully saturated rings. The van der Waals surface area contributed by atoms with Crippen molar-refractivity contribution in [1.29, 1.82) is 5.26 Å². The van der Waals surface area contributed by atoms with Crippen molar-refractivity contribution in [2.24, 2.45) is 0 Å². The van der Waals surface area contributed by atoms with E-state index in [0.29, 0.717) is 11.6 Å². The minimum atomic E-state index is -0.373. The minimum Gasteiger partial charge on any atom is -0.295 e. The standard InChI is InChI=1S/C11H11ClN2/c1-2-7-14-11(8-13)9-5-3-4-6-10(9)12/h2-6,11,14H,1,7H2. The van der Waals surface area contributed by atoms with Crippen LogP contribution in [0, 0.1) is 11.3 Å². The van der Waals surface area contributed by atoms with Crippen molar-refractivity contribution in [2.45, 2.75) is 6.04 Å². The highest BCUT2D eigenvalue weighted by molar-refractivity contribution is 6.31. The molecule has 0 aliphatic heterocycles. The molecule has 0 amide bonds. The summed E-state index contributed by atoms with van der Waals surface area (Å²) in [5.74, 6) is 0. The van der Waals surface area contributed by atoms with Gasteiger partial charge in [-0.1, -0.05) is 35.9 Å². The van der Waals surface area contributed by atoms with E-state index in [1.807, 2.05) is 18.2 Å². The molecule has 0 saturated heterocycles. The molecular weight excluding hydrogens is 196 g/mol. The Morgan fingerprint density at radius 1 is 1.57 bits per heavy atom. The molecule has 2 nitrogen and oxygen atoms in total. The van der Waals surface area contributed by atoms with Crippen molar-refractivity contribution >= 4 is 11.6 Å². The molecular formula is C11H11ClN2. The zero-order chi connectivity index (χ0) is 10.4. The van der Waals surface area contributed by atoms with Crippen LogP contribution >= 0.6 is 11.6 Å². The predicted molar refractivity (Wildman–Crippen MR) is 58.0 cm³/mol. The van der Waals surface area contributed by atoms with Gasteiger partial charge in [-0.2, -0.15) is 5.26 Å². The molecule has 1 aromatic rings. The largest absolute Gasteiger partial charge is 0.295 e. The van der Waals surface area contributed by atoms with Crippen LogP contribution in [0.5, 0.6) is 0 Å². The van der Waals surface area contributed by atoms with E-state index in [2.05, 4.69) is 18.0 Å². The van der Waals surface area contributed by atoms with Gasteiger partial charge in [0.2, 0.25) is 0 Å². The fourth-order valence-corrected chi connectivity index (χ4v) is 1.38. The molecule has 1 unspecified atom stereocenters. The molecule has 0 radical (unpaired) electrons. The second-order valence-corrected chi connectivity index (χ2v) is 3.19. The van der Waals surface area contributed by atoms with Gasteiger partial charge in [0.15, 0.2) is 0 Å². The first kappa shape index (κ1) is 10.8. The number of benzene rings is 1. The Morgan fingerprint density at radius 3 is 2.86 bits per heavy atom. The van der Waals surface area contributed by atoms with Crippen LogP contribution in [0.4, 0.5) is 0 Å². The average molecular weight is 207 g/mol. The van der Waals surface area contributed by atoms with Crippen molar-refractivity contribution in [3.05, 3.63) is 47.5 Å². The molecule has 1 atom stereocenters. The highest BCUT2D eigenvalue weighted by Crippen LogP contribution is 2.21. The maximum Gasteiger partial charge on any atom is 0.123 e. The maximum absolute atomic E-state index is 8.93. The maximum atomic E-state index is 8.93. The topological polar surface area (TPSA) is 35.8 Å². The van der Waals surface area contributed by atoms with Crippen molar-refractivity contribution in [3.63, 3.8) is 0 Å². The molecule has 3 heteroatoms. The minimum absolute atomic E-state index is 0.373. The summed E-state index contributed by atoms with van der Waals surface area (Å²) in [5.41, 5.74) is 0.804. The van der Waals surface area contributed by atoms with Gasteiger partial charge in [0, 0.05) is 17.1 Å². The average Bonchev–Trinajstić information content (AvgIpc) is 2.21. The molecule has 1 rings (SSSR count). The first-order valence-corrected chi connectivity index (χ1v) is 4.65. The first-order valence-electron chi connectivity index (χ1n) is 4.28. The molecule has 1 aromatic carbocycles. The molecule has 1 N–H and O–H groups in total. The Bertz CT molecular complexity index is 355. The summed E-state index contributed by atoms with van der Waals surface area (Å²) in [6.07, 6.45) is 1.71. The smallest absolute Gasteiger partial charge is 0.123 e. The van der Waals surface area contributed by atoms with E-state index in [1.54, 1.807) is 12.1 Å². The van der Waals surface area contributed by atoms with Crippen LogP contribution in [-0.2, 0) is 0 Å². The summed E-state index contributed by atoms with van der Waals surface area (Å²) < 4.78 is 0. The van der Waals surface area contributed by atoms with Crippen molar-refractivity contribution in [3.8, 4) is 6.07 Å². The van der Waals surface area contributed by atoms with Crippen molar-refractivity contribution < 1.29 is 0 Å². The summed E-state index contributed by atoms with van der Waals surface area (Å²) in [7, 11) is 0. The lowest BCUT2D eigenvalue weighted by molar-refractivity contribution is 0.684. The van der Waals surface area contributed by atoms with Crippen LogP contribution < -0.4 is 5.32 Å². The number of hydrogen-bond donors (Lipinski definition) is 1. The van der Waals surface area contributed by atoms with E-state index < -0.39 is 0 Å². The molecule has 0 aliphatic rings. The Morgan fingerprint density at radius 2 is 2.29 bits per heavy atom. The number of nitriles is 1. The Balaban J connectivity index is 2.85. The van der Waals surface area contributed by atoms with E-state index in [9.17, 15) is 0 Å². The van der Waals surface area contributed by atoms with Crippen LogP contribution in [0.1, 0.15) is 11.6 Å². The zero-order valence-corrected chi connectivity index (χ0v) is 8.46. The molecule has 0 saturated carbocycles. The van der Waals surface area contributed by atoms with E-state index in [1.165, 1.54) is 0 Å². The fraction of sp³-hybridized carbons (Fsp3) is 0.182. The summed E-state index contributed by atoms with van der Waals surface area (Å²) in [6.45, 7) is 4.16. The van der Waals surface area contributed by atoms with Crippen LogP contribution in [0.15, 0.2) is 36.9 Å². The van der Waals surface area contributed by atoms with Gasteiger partial charge < -0.3 is 0 Å². The summed E-state index contributed by atoms with van der Waals surface area (Å²) >= 11 is 5.96. The first-order chi connectivity index (χ1) is 6.79. The summed E-state index contributed by atoms with van der Waals surface area (Å²) in [4.78, 5) is 0. The van der Waals surface area contributed by atoms with Gasteiger partial charge in [0.05, 0.1) is 6.07 Å². The fourth-order valence-electron chi connectivity index (χ4n) is 1.14. The molecule has 0 heterocycles. The van der Waals surface area contributed by atoms with Crippen LogP contribution in [0.25, 0.3) is 0 Å². The predicted octanol–water partition coefficient (Wildman–Crippen LogP) is 2.68. The Kier molecular flexibility index (Phi) is 4.18. The molecule has 0 spiro atoms. The summed E-state index contributed by atoms with van der Waals surface area (Å²) in [6, 6.07) is 9.09. The van der Waals surface area contributed by atoms with Crippen LogP contribution in [-0.4, -0.2) is 6.54 Å². The van der Waals surface area contributed by atoms with Gasteiger partial charge in [-0.15, -0.1) is 6.58 Å². The number of nitrogens with zero attached hydrogens (tertiary/aromatic N) is 1. The molecule has 72 valence electrons. The van der Waals surface area contributed by atoms with Gasteiger partial charge in [-0.25, -0.2) is 0 Å². The van der Waals surface area contributed by atoms with Gasteiger partial charge in [0.25, 0.3) is 0 Å². The molecule has 14 heavy (non-hydrogen) atoms. The van der Waals surface area contributed by atoms with E-state index >= 15 is 0 Å². The van der Waals surface area contributed by atoms with E-state index in [-0.39, 0.29) is 6.04 Å². The van der Waals surface area contributed by atoms with Gasteiger partial charge in [-0.05, 0) is 6.07 Å². The quantitative estimate of drug-likeness (QED) is 0.769. The van der Waals surface area contributed by atoms with Crippen molar-refractivity contribution in [1.82, 2.24) is 5.32 Å². The SMILES string of the molecule is C=CCNC(C#N)c1ccccc1Cl. The summed E-state index contributed by atoms with van der Waals surface area (Å²) in [5, 5.41) is 12.5. The van der Waals surface area contributed by atoms with Gasteiger partial charge in [-0.3, -0.25) is 5.32 Å². The van der Waals surface area contributed by atoms with Gasteiger partial charge in [0.1, 0.15) is 6.04 Å². The number of rotatable bonds is 4. The lowest BCUT2D eigenvalue weighted by Gasteiger charge is -2.11. The second kappa shape index (κ2) is 5.43. The molecule has 0 bridgehead atoms. The van der Waals surface area contributed by atoms with Gasteiger partial charge >= 0.3 is 0 Å². The van der Waals surface area contributed by atoms with E-state index in [0.717, 1.165) is 5.56 Å². The third-order valence-electron chi connectivity index (χ3n) is 1.81. The number of hydrogen-bond acceptors (Lipinski definition) is 2. The highest BCUT2D eigenvalue weighted by atomic mass is 35.5. The third-order valence-corrected chi connectivity index (χ3v) is 2.16.